The molecule has 1 aromatic carbocycles. The molecule has 5 nitrogen and oxygen atoms in total. The van der Waals surface area contributed by atoms with Crippen molar-refractivity contribution >= 4 is 24.2 Å². The summed E-state index contributed by atoms with van der Waals surface area (Å²) in [5, 5.41) is 0. The monoisotopic (exact) mass is 331 g/mol. The number of nitrogens with zero attached hydrogens (tertiary/aromatic N) is 1. The molecule has 2 fully saturated rings. The lowest BCUT2D eigenvalue weighted by Crippen LogP contribution is -2.41. The largest absolute Gasteiger partial charge is 0.498 e. The van der Waals surface area contributed by atoms with E-state index >= 15 is 0 Å². The summed E-state index contributed by atoms with van der Waals surface area (Å²) in [4.78, 5) is 14.0. The van der Waals surface area contributed by atoms with Crippen molar-refractivity contribution in [3.05, 3.63) is 18.2 Å². The number of carbonyl (C=O) groups is 1. The summed E-state index contributed by atoms with van der Waals surface area (Å²) in [6, 6.07) is 5.80. The van der Waals surface area contributed by atoms with E-state index < -0.39 is 18.3 Å². The fourth-order valence-corrected chi connectivity index (χ4v) is 3.11. The SMILES string of the molecule is COc1cc(N2CCCCC2=O)ccc1B1OC(C)(C)C(C)(C)O1. The van der Waals surface area contributed by atoms with Crippen LogP contribution in [0.15, 0.2) is 18.2 Å². The van der Waals surface area contributed by atoms with Crippen LogP contribution in [0, 0.1) is 0 Å². The van der Waals surface area contributed by atoms with Gasteiger partial charge in [-0.1, -0.05) is 6.07 Å². The van der Waals surface area contributed by atoms with Crippen LogP contribution in [0.25, 0.3) is 0 Å². The molecule has 2 aliphatic rings. The molecule has 130 valence electrons. The summed E-state index contributed by atoms with van der Waals surface area (Å²) in [7, 11) is 1.15. The van der Waals surface area contributed by atoms with Crippen LogP contribution in [0.3, 0.4) is 0 Å². The molecule has 0 spiro atoms. The second kappa shape index (κ2) is 6.08. The van der Waals surface area contributed by atoms with Gasteiger partial charge in [0.25, 0.3) is 0 Å². The predicted octanol–water partition coefficient (Wildman–Crippen LogP) is 2.51. The van der Waals surface area contributed by atoms with E-state index in [-0.39, 0.29) is 5.91 Å². The Hall–Kier alpha value is -1.53. The Morgan fingerprint density at radius 1 is 1.12 bits per heavy atom. The number of rotatable bonds is 3. The van der Waals surface area contributed by atoms with E-state index in [4.69, 9.17) is 14.0 Å². The number of benzene rings is 1. The second-order valence-electron chi connectivity index (χ2n) is 7.52. The highest BCUT2D eigenvalue weighted by molar-refractivity contribution is 6.63. The van der Waals surface area contributed by atoms with E-state index in [2.05, 4.69) is 0 Å². The van der Waals surface area contributed by atoms with Gasteiger partial charge in [0.15, 0.2) is 0 Å². The number of piperidine rings is 1. The number of methoxy groups -OCH3 is 1. The Labute approximate surface area is 144 Å². The molecule has 0 bridgehead atoms. The molecule has 0 saturated carbocycles. The molecule has 0 atom stereocenters. The van der Waals surface area contributed by atoms with Gasteiger partial charge in [-0.25, -0.2) is 0 Å². The first-order chi connectivity index (χ1) is 11.2. The predicted molar refractivity (Wildman–Crippen MR) is 94.9 cm³/mol. The van der Waals surface area contributed by atoms with Crippen LogP contribution in [-0.2, 0) is 14.1 Å². The minimum atomic E-state index is -0.476. The Bertz CT molecular complexity index is 628. The van der Waals surface area contributed by atoms with Crippen LogP contribution in [0.2, 0.25) is 0 Å². The second-order valence-corrected chi connectivity index (χ2v) is 7.52. The minimum absolute atomic E-state index is 0.173. The van der Waals surface area contributed by atoms with Crippen LogP contribution in [0.1, 0.15) is 47.0 Å². The highest BCUT2D eigenvalue weighted by atomic mass is 16.7. The van der Waals surface area contributed by atoms with Gasteiger partial charge in [-0.05, 0) is 46.6 Å². The molecule has 0 radical (unpaired) electrons. The minimum Gasteiger partial charge on any atom is -0.497 e. The highest BCUT2D eigenvalue weighted by Gasteiger charge is 2.52. The van der Waals surface area contributed by atoms with E-state index in [1.807, 2.05) is 50.8 Å². The van der Waals surface area contributed by atoms with Crippen molar-refractivity contribution in [3.63, 3.8) is 0 Å². The van der Waals surface area contributed by atoms with Gasteiger partial charge < -0.3 is 18.9 Å². The van der Waals surface area contributed by atoms with E-state index in [0.29, 0.717) is 12.2 Å². The van der Waals surface area contributed by atoms with Crippen molar-refractivity contribution < 1.29 is 18.8 Å². The highest BCUT2D eigenvalue weighted by Crippen LogP contribution is 2.37. The third-order valence-corrected chi connectivity index (χ3v) is 5.36. The summed E-state index contributed by atoms with van der Waals surface area (Å²) in [5.74, 6) is 0.857. The molecule has 24 heavy (non-hydrogen) atoms. The quantitative estimate of drug-likeness (QED) is 0.799. The van der Waals surface area contributed by atoms with E-state index in [0.717, 1.165) is 30.5 Å². The van der Waals surface area contributed by atoms with Crippen molar-refractivity contribution in [2.24, 2.45) is 0 Å². The Morgan fingerprint density at radius 3 is 2.38 bits per heavy atom. The zero-order valence-electron chi connectivity index (χ0n) is 15.2. The van der Waals surface area contributed by atoms with Gasteiger partial charge in [-0.2, -0.15) is 0 Å². The van der Waals surface area contributed by atoms with Crippen LogP contribution < -0.4 is 15.1 Å². The number of ether oxygens (including phenoxy) is 1. The molecule has 2 saturated heterocycles. The summed E-state index contributed by atoms with van der Waals surface area (Å²) in [6.45, 7) is 8.87. The summed E-state index contributed by atoms with van der Waals surface area (Å²) in [5.41, 5.74) is 0.926. The van der Waals surface area contributed by atoms with Crippen molar-refractivity contribution in [1.82, 2.24) is 0 Å². The van der Waals surface area contributed by atoms with Crippen molar-refractivity contribution in [2.45, 2.75) is 58.2 Å². The maximum Gasteiger partial charge on any atom is 0.498 e. The first-order valence-electron chi connectivity index (χ1n) is 8.59. The molecule has 2 heterocycles. The normalized spacial score (nSPS) is 22.8. The molecule has 1 aromatic rings. The topological polar surface area (TPSA) is 48.0 Å². The summed E-state index contributed by atoms with van der Waals surface area (Å²) in [6.07, 6.45) is 2.62. The lowest BCUT2D eigenvalue weighted by atomic mass is 9.78. The number of amides is 1. The van der Waals surface area contributed by atoms with Crippen LogP contribution >= 0.6 is 0 Å². The van der Waals surface area contributed by atoms with Gasteiger partial charge >= 0.3 is 7.12 Å². The van der Waals surface area contributed by atoms with Crippen molar-refractivity contribution in [1.29, 1.82) is 0 Å². The van der Waals surface area contributed by atoms with Crippen LogP contribution in [-0.4, -0.2) is 37.9 Å². The smallest absolute Gasteiger partial charge is 0.497 e. The molecular weight excluding hydrogens is 305 g/mol. The summed E-state index contributed by atoms with van der Waals surface area (Å²) >= 11 is 0. The van der Waals surface area contributed by atoms with Gasteiger partial charge in [-0.3, -0.25) is 4.79 Å². The molecule has 0 aliphatic carbocycles. The third-order valence-electron chi connectivity index (χ3n) is 5.36. The molecule has 2 aliphatic heterocycles. The van der Waals surface area contributed by atoms with Crippen LogP contribution in [0.4, 0.5) is 5.69 Å². The molecule has 0 N–H and O–H groups in total. The zero-order chi connectivity index (χ0) is 17.5. The van der Waals surface area contributed by atoms with Gasteiger partial charge in [0.2, 0.25) is 5.91 Å². The Morgan fingerprint density at radius 2 is 1.79 bits per heavy atom. The first kappa shape index (κ1) is 17.3. The number of carbonyl (C=O) groups excluding carboxylic acids is 1. The van der Waals surface area contributed by atoms with E-state index in [9.17, 15) is 4.79 Å². The van der Waals surface area contributed by atoms with E-state index in [1.54, 1.807) is 7.11 Å². The lowest BCUT2D eigenvalue weighted by molar-refractivity contribution is -0.119. The molecule has 1 amide bonds. The number of hydrogen-bond acceptors (Lipinski definition) is 4. The van der Waals surface area contributed by atoms with Gasteiger partial charge in [0.05, 0.1) is 18.3 Å². The van der Waals surface area contributed by atoms with Gasteiger partial charge in [-0.15, -0.1) is 0 Å². The lowest BCUT2D eigenvalue weighted by Gasteiger charge is -2.32. The van der Waals surface area contributed by atoms with Gasteiger partial charge in [0.1, 0.15) is 5.75 Å². The average molecular weight is 331 g/mol. The average Bonchev–Trinajstić information content (AvgIpc) is 2.75. The third kappa shape index (κ3) is 2.93. The number of anilines is 1. The van der Waals surface area contributed by atoms with Crippen LogP contribution in [0.5, 0.6) is 5.75 Å². The van der Waals surface area contributed by atoms with Gasteiger partial charge in [0, 0.05) is 30.2 Å². The van der Waals surface area contributed by atoms with Crippen molar-refractivity contribution in [3.8, 4) is 5.75 Å². The van der Waals surface area contributed by atoms with E-state index in [1.165, 1.54) is 0 Å². The molecule has 6 heteroatoms. The Kier molecular flexibility index (Phi) is 4.38. The fraction of sp³-hybridized carbons (Fsp3) is 0.611. The molecule has 0 unspecified atom stereocenters. The maximum atomic E-state index is 12.1. The first-order valence-corrected chi connectivity index (χ1v) is 8.59. The number of hydrogen-bond donors (Lipinski definition) is 0. The molecule has 0 aromatic heterocycles. The fourth-order valence-electron chi connectivity index (χ4n) is 3.11. The summed E-state index contributed by atoms with van der Waals surface area (Å²) < 4.78 is 17.8. The van der Waals surface area contributed by atoms with Crippen molar-refractivity contribution in [2.75, 3.05) is 18.6 Å². The Balaban J connectivity index is 1.89. The zero-order valence-corrected chi connectivity index (χ0v) is 15.2. The standard InChI is InChI=1S/C18H26BNO4/c1-17(2)18(3,4)24-19(23-17)14-10-9-13(12-15(14)22-5)20-11-7-6-8-16(20)21/h9-10,12H,6-8,11H2,1-5H3. The maximum absolute atomic E-state index is 12.1. The molecular formula is C18H26BNO4. The molecule has 3 rings (SSSR count).